The number of nitrogens with zero attached hydrogens (tertiary/aromatic N) is 2. The molecular formula is C23H16N4O4. The highest BCUT2D eigenvalue weighted by atomic mass is 16.5. The van der Waals surface area contributed by atoms with Gasteiger partial charge in [-0.25, -0.2) is 14.2 Å². The summed E-state index contributed by atoms with van der Waals surface area (Å²) < 4.78 is 6.45. The fraction of sp³-hybridized carbons (Fsp3) is 0.0435. The average molecular weight is 412 g/mol. The molecule has 0 aliphatic heterocycles. The summed E-state index contributed by atoms with van der Waals surface area (Å²) in [5.41, 5.74) is 1.60. The van der Waals surface area contributed by atoms with Crippen molar-refractivity contribution in [1.82, 2.24) is 19.7 Å². The highest BCUT2D eigenvalue weighted by molar-refractivity contribution is 5.94. The molecule has 5 rings (SSSR count). The van der Waals surface area contributed by atoms with Crippen LogP contribution in [0.5, 0.6) is 0 Å². The fourth-order valence-corrected chi connectivity index (χ4v) is 3.46. The Labute approximate surface area is 174 Å². The summed E-state index contributed by atoms with van der Waals surface area (Å²) in [4.78, 5) is 40.5. The normalized spacial score (nSPS) is 11.1. The predicted molar refractivity (Wildman–Crippen MR) is 115 cm³/mol. The van der Waals surface area contributed by atoms with Crippen molar-refractivity contribution in [3.05, 3.63) is 105 Å². The van der Waals surface area contributed by atoms with Crippen molar-refractivity contribution < 1.29 is 9.53 Å². The minimum absolute atomic E-state index is 0.0813. The van der Waals surface area contributed by atoms with Gasteiger partial charge in [0.1, 0.15) is 6.61 Å². The highest BCUT2D eigenvalue weighted by Gasteiger charge is 2.13. The topological polar surface area (TPSA) is 110 Å². The van der Waals surface area contributed by atoms with Crippen LogP contribution in [-0.2, 0) is 11.3 Å². The van der Waals surface area contributed by atoms with Crippen LogP contribution in [0.25, 0.3) is 27.5 Å². The molecule has 0 aliphatic rings. The molecule has 0 unspecified atom stereocenters. The van der Waals surface area contributed by atoms with Crippen molar-refractivity contribution in [3.8, 4) is 5.69 Å². The number of H-pyrrole nitrogens is 2. The van der Waals surface area contributed by atoms with Crippen molar-refractivity contribution in [1.29, 1.82) is 0 Å². The lowest BCUT2D eigenvalue weighted by Gasteiger charge is -2.08. The average Bonchev–Trinajstić information content (AvgIpc) is 3.26. The molecule has 0 bridgehead atoms. The number of hydrogen-bond acceptors (Lipinski definition) is 5. The van der Waals surface area contributed by atoms with E-state index in [2.05, 4.69) is 15.2 Å². The monoisotopic (exact) mass is 412 g/mol. The summed E-state index contributed by atoms with van der Waals surface area (Å²) in [5.74, 6) is -0.556. The Bertz CT molecular complexity index is 1550. The predicted octanol–water partition coefficient (Wildman–Crippen LogP) is 2.91. The zero-order valence-electron chi connectivity index (χ0n) is 16.2. The van der Waals surface area contributed by atoms with Crippen LogP contribution >= 0.6 is 0 Å². The van der Waals surface area contributed by atoms with E-state index in [-0.39, 0.29) is 17.7 Å². The van der Waals surface area contributed by atoms with Crippen molar-refractivity contribution in [2.45, 2.75) is 6.61 Å². The van der Waals surface area contributed by atoms with E-state index in [0.717, 1.165) is 21.0 Å². The summed E-state index contributed by atoms with van der Waals surface area (Å²) in [6.07, 6.45) is 1.72. The first-order valence-electron chi connectivity index (χ1n) is 9.54. The quantitative estimate of drug-likeness (QED) is 0.441. The molecule has 0 amide bonds. The number of para-hydroxylation sites is 1. The van der Waals surface area contributed by atoms with E-state index >= 15 is 0 Å². The fourth-order valence-electron chi connectivity index (χ4n) is 3.46. The van der Waals surface area contributed by atoms with E-state index in [9.17, 15) is 14.4 Å². The number of nitrogens with one attached hydrogen (secondary N) is 2. The minimum Gasteiger partial charge on any atom is -0.457 e. The maximum Gasteiger partial charge on any atom is 0.338 e. The summed E-state index contributed by atoms with van der Waals surface area (Å²) in [6, 6.07) is 18.7. The van der Waals surface area contributed by atoms with Gasteiger partial charge in [-0.2, -0.15) is 5.10 Å². The first kappa shape index (κ1) is 18.6. The Balaban J connectivity index is 1.43. The zero-order valence-corrected chi connectivity index (χ0v) is 16.2. The van der Waals surface area contributed by atoms with Crippen LogP contribution < -0.4 is 11.2 Å². The van der Waals surface area contributed by atoms with Gasteiger partial charge in [-0.3, -0.25) is 9.89 Å². The molecule has 0 spiro atoms. The molecule has 31 heavy (non-hydrogen) atoms. The van der Waals surface area contributed by atoms with Crippen molar-refractivity contribution in [2.75, 3.05) is 0 Å². The highest BCUT2D eigenvalue weighted by Crippen LogP contribution is 2.16. The molecule has 0 atom stereocenters. The summed E-state index contributed by atoms with van der Waals surface area (Å²) in [5, 5.41) is 8.10. The van der Waals surface area contributed by atoms with Crippen LogP contribution in [0.4, 0.5) is 0 Å². The zero-order chi connectivity index (χ0) is 21.4. The van der Waals surface area contributed by atoms with E-state index in [4.69, 9.17) is 4.74 Å². The molecule has 0 saturated carbocycles. The molecule has 2 aromatic heterocycles. The number of aromatic amines is 2. The van der Waals surface area contributed by atoms with Crippen LogP contribution in [0.1, 0.15) is 15.9 Å². The molecule has 2 N–H and O–H groups in total. The second kappa shape index (κ2) is 7.42. The number of fused-ring (bicyclic) bond motifs is 2. The van der Waals surface area contributed by atoms with Gasteiger partial charge < -0.3 is 9.72 Å². The van der Waals surface area contributed by atoms with Crippen molar-refractivity contribution in [3.63, 3.8) is 0 Å². The molecule has 5 aromatic rings. The number of hydrogen-bond donors (Lipinski definition) is 2. The first-order valence-corrected chi connectivity index (χ1v) is 9.54. The lowest BCUT2D eigenvalue weighted by molar-refractivity contribution is 0.0473. The van der Waals surface area contributed by atoms with Gasteiger partial charge in [0.25, 0.3) is 5.56 Å². The van der Waals surface area contributed by atoms with Gasteiger partial charge in [0.05, 0.1) is 33.9 Å². The Morgan fingerprint density at radius 3 is 2.65 bits per heavy atom. The number of benzene rings is 3. The summed E-state index contributed by atoms with van der Waals surface area (Å²) >= 11 is 0. The van der Waals surface area contributed by atoms with Crippen LogP contribution in [0.2, 0.25) is 0 Å². The number of esters is 1. The third kappa shape index (κ3) is 3.40. The number of rotatable bonds is 4. The Morgan fingerprint density at radius 2 is 1.81 bits per heavy atom. The van der Waals surface area contributed by atoms with E-state index < -0.39 is 17.2 Å². The van der Waals surface area contributed by atoms with Gasteiger partial charge in [0.2, 0.25) is 0 Å². The van der Waals surface area contributed by atoms with Crippen molar-refractivity contribution in [2.24, 2.45) is 0 Å². The van der Waals surface area contributed by atoms with Crippen LogP contribution in [0, 0.1) is 0 Å². The SMILES string of the molecule is O=C(OCc1ccc2cn[nH]c2c1)c1ccc2c(=O)n(-c3ccccc3)c(=O)[nH]c2c1. The lowest BCUT2D eigenvalue weighted by Crippen LogP contribution is -2.33. The summed E-state index contributed by atoms with van der Waals surface area (Å²) in [7, 11) is 0. The molecule has 0 saturated heterocycles. The van der Waals surface area contributed by atoms with E-state index in [1.807, 2.05) is 18.2 Å². The third-order valence-corrected chi connectivity index (χ3v) is 5.02. The molecule has 2 heterocycles. The standard InChI is InChI=1S/C23H16N4O4/c28-21-18-9-8-15(11-20(18)25-23(30)27(21)17-4-2-1-3-5-17)22(29)31-13-14-6-7-16-12-24-26-19(16)10-14/h1-12H,13H2,(H,24,26)(H,25,30). The first-order chi connectivity index (χ1) is 15.1. The molecule has 3 aromatic carbocycles. The van der Waals surface area contributed by atoms with Gasteiger partial charge in [0, 0.05) is 5.39 Å². The van der Waals surface area contributed by atoms with Gasteiger partial charge in [-0.05, 0) is 42.0 Å². The molecule has 8 heteroatoms. The third-order valence-electron chi connectivity index (χ3n) is 5.02. The molecule has 0 fully saturated rings. The summed E-state index contributed by atoms with van der Waals surface area (Å²) in [6.45, 7) is 0.0813. The number of carbonyl (C=O) groups is 1. The maximum atomic E-state index is 12.8. The largest absolute Gasteiger partial charge is 0.457 e. The molecule has 0 radical (unpaired) electrons. The van der Waals surface area contributed by atoms with Gasteiger partial charge in [-0.1, -0.05) is 30.3 Å². The smallest absolute Gasteiger partial charge is 0.338 e. The lowest BCUT2D eigenvalue weighted by atomic mass is 10.1. The number of ether oxygens (including phenoxy) is 1. The Morgan fingerprint density at radius 1 is 0.968 bits per heavy atom. The molecule has 152 valence electrons. The van der Waals surface area contributed by atoms with E-state index in [1.165, 1.54) is 18.2 Å². The number of aromatic nitrogens is 4. The molecule has 0 aliphatic carbocycles. The second-order valence-electron chi connectivity index (χ2n) is 7.03. The molecular weight excluding hydrogens is 396 g/mol. The van der Waals surface area contributed by atoms with Crippen LogP contribution in [0.15, 0.2) is 82.5 Å². The van der Waals surface area contributed by atoms with Crippen LogP contribution in [0.3, 0.4) is 0 Å². The number of carbonyl (C=O) groups excluding carboxylic acids is 1. The van der Waals surface area contributed by atoms with Gasteiger partial charge in [0.15, 0.2) is 0 Å². The Hall–Kier alpha value is -4.46. The van der Waals surface area contributed by atoms with Gasteiger partial charge >= 0.3 is 11.7 Å². The molecule has 8 nitrogen and oxygen atoms in total. The van der Waals surface area contributed by atoms with Crippen LogP contribution in [-0.4, -0.2) is 25.7 Å². The maximum absolute atomic E-state index is 12.8. The van der Waals surface area contributed by atoms with E-state index in [0.29, 0.717) is 11.1 Å². The minimum atomic E-state index is -0.581. The Kier molecular flexibility index (Phi) is 4.44. The van der Waals surface area contributed by atoms with Gasteiger partial charge in [-0.15, -0.1) is 0 Å². The van der Waals surface area contributed by atoms with Crippen molar-refractivity contribution >= 4 is 27.8 Å². The van der Waals surface area contributed by atoms with E-state index in [1.54, 1.807) is 36.5 Å². The second-order valence-corrected chi connectivity index (χ2v) is 7.03.